The minimum absolute atomic E-state index is 0.143. The molecule has 3 rings (SSSR count). The molecule has 2 aromatic carbocycles. The van der Waals surface area contributed by atoms with Gasteiger partial charge in [-0.3, -0.25) is 4.79 Å². The van der Waals surface area contributed by atoms with Gasteiger partial charge in [0, 0.05) is 17.7 Å². The van der Waals surface area contributed by atoms with Crippen LogP contribution in [0.4, 0.5) is 4.39 Å². The second kappa shape index (κ2) is 5.66. The van der Waals surface area contributed by atoms with Crippen molar-refractivity contribution in [1.82, 2.24) is 5.32 Å². The molecule has 0 unspecified atom stereocenters. The van der Waals surface area contributed by atoms with Crippen LogP contribution in [0.5, 0.6) is 5.75 Å². The van der Waals surface area contributed by atoms with E-state index in [9.17, 15) is 9.18 Å². The number of carbonyl (C=O) groups is 1. The summed E-state index contributed by atoms with van der Waals surface area (Å²) in [5.74, 6) is -0.518. The Balaban J connectivity index is 2.01. The third-order valence-electron chi connectivity index (χ3n) is 3.80. The van der Waals surface area contributed by atoms with E-state index in [4.69, 9.17) is 4.74 Å². The first-order chi connectivity index (χ1) is 10.2. The van der Waals surface area contributed by atoms with Crippen LogP contribution in [0, 0.1) is 5.82 Å². The Kier molecular flexibility index (Phi) is 3.71. The van der Waals surface area contributed by atoms with Crippen LogP contribution >= 0.6 is 0 Å². The van der Waals surface area contributed by atoms with Crippen LogP contribution in [-0.2, 0) is 13.0 Å². The Bertz CT molecular complexity index is 697. The molecule has 0 aliphatic carbocycles. The fraction of sp³-hybridized carbons (Fsp3) is 0.235. The molecule has 0 saturated carbocycles. The van der Waals surface area contributed by atoms with Gasteiger partial charge in [-0.25, -0.2) is 4.39 Å². The summed E-state index contributed by atoms with van der Waals surface area (Å²) in [6, 6.07) is 10.0. The normalized spacial score (nSPS) is 13.6. The van der Waals surface area contributed by atoms with Crippen molar-refractivity contribution in [1.29, 1.82) is 0 Å². The molecule has 0 bridgehead atoms. The lowest BCUT2D eigenvalue weighted by molar-refractivity contribution is 0.103. The molecule has 0 spiro atoms. The van der Waals surface area contributed by atoms with Gasteiger partial charge in [0.25, 0.3) is 0 Å². The van der Waals surface area contributed by atoms with Crippen LogP contribution in [0.25, 0.3) is 0 Å². The van der Waals surface area contributed by atoms with E-state index in [-0.39, 0.29) is 11.5 Å². The van der Waals surface area contributed by atoms with E-state index in [0.29, 0.717) is 11.1 Å². The molecule has 1 N–H and O–H groups in total. The largest absolute Gasteiger partial charge is 0.494 e. The number of carbonyl (C=O) groups excluding carboxylic acids is 1. The second-order valence-corrected chi connectivity index (χ2v) is 5.05. The lowest BCUT2D eigenvalue weighted by atomic mass is 9.91. The molecule has 0 fully saturated rings. The Hall–Kier alpha value is -2.20. The molecular weight excluding hydrogens is 269 g/mol. The van der Waals surface area contributed by atoms with Gasteiger partial charge in [0.05, 0.1) is 7.11 Å². The molecule has 0 radical (unpaired) electrons. The molecule has 0 aromatic heterocycles. The van der Waals surface area contributed by atoms with Crippen LogP contribution < -0.4 is 10.1 Å². The van der Waals surface area contributed by atoms with E-state index < -0.39 is 5.82 Å². The van der Waals surface area contributed by atoms with Gasteiger partial charge >= 0.3 is 0 Å². The van der Waals surface area contributed by atoms with Crippen LogP contribution in [0.2, 0.25) is 0 Å². The highest BCUT2D eigenvalue weighted by Gasteiger charge is 2.19. The zero-order valence-corrected chi connectivity index (χ0v) is 11.8. The maximum absolute atomic E-state index is 13.8. The molecule has 1 aliphatic rings. The maximum atomic E-state index is 13.8. The highest BCUT2D eigenvalue weighted by atomic mass is 19.1. The predicted octanol–water partition coefficient (Wildman–Crippen LogP) is 2.71. The number of ether oxygens (including phenoxy) is 1. The van der Waals surface area contributed by atoms with Crippen molar-refractivity contribution < 1.29 is 13.9 Å². The lowest BCUT2D eigenvalue weighted by Gasteiger charge is -2.19. The SMILES string of the molecule is COc1ccc(C(=O)c2cccc3c2CCNC3)cc1F. The summed E-state index contributed by atoms with van der Waals surface area (Å²) < 4.78 is 18.7. The van der Waals surface area contributed by atoms with Crippen LogP contribution in [0.1, 0.15) is 27.0 Å². The molecule has 3 nitrogen and oxygen atoms in total. The van der Waals surface area contributed by atoms with Gasteiger partial charge in [-0.15, -0.1) is 0 Å². The van der Waals surface area contributed by atoms with Crippen molar-refractivity contribution in [2.75, 3.05) is 13.7 Å². The summed E-state index contributed by atoms with van der Waals surface area (Å²) in [7, 11) is 1.40. The molecule has 21 heavy (non-hydrogen) atoms. The van der Waals surface area contributed by atoms with Crippen LogP contribution in [0.3, 0.4) is 0 Å². The Labute approximate surface area is 122 Å². The van der Waals surface area contributed by atoms with E-state index in [1.807, 2.05) is 18.2 Å². The second-order valence-electron chi connectivity index (χ2n) is 5.05. The minimum Gasteiger partial charge on any atom is -0.494 e. The first kappa shape index (κ1) is 13.8. The van der Waals surface area contributed by atoms with Gasteiger partial charge in [-0.1, -0.05) is 18.2 Å². The smallest absolute Gasteiger partial charge is 0.193 e. The zero-order chi connectivity index (χ0) is 14.8. The number of nitrogens with one attached hydrogen (secondary N) is 1. The molecule has 0 atom stereocenters. The Morgan fingerprint density at radius 1 is 1.29 bits per heavy atom. The third kappa shape index (κ3) is 2.54. The number of fused-ring (bicyclic) bond motifs is 1. The van der Waals surface area contributed by atoms with Crippen molar-refractivity contribution in [2.45, 2.75) is 13.0 Å². The Morgan fingerprint density at radius 3 is 2.90 bits per heavy atom. The molecule has 1 aliphatic heterocycles. The number of hydrogen-bond acceptors (Lipinski definition) is 3. The molecule has 108 valence electrons. The van der Waals surface area contributed by atoms with Crippen LogP contribution in [-0.4, -0.2) is 19.4 Å². The topological polar surface area (TPSA) is 38.3 Å². The fourth-order valence-electron chi connectivity index (χ4n) is 2.71. The molecular formula is C17H16FNO2. The monoisotopic (exact) mass is 285 g/mol. The third-order valence-corrected chi connectivity index (χ3v) is 3.80. The molecule has 0 amide bonds. The lowest BCUT2D eigenvalue weighted by Crippen LogP contribution is -2.25. The molecule has 1 heterocycles. The summed E-state index contributed by atoms with van der Waals surface area (Å²) in [5, 5.41) is 3.28. The highest BCUT2D eigenvalue weighted by Crippen LogP contribution is 2.24. The summed E-state index contributed by atoms with van der Waals surface area (Å²) in [5.41, 5.74) is 3.22. The minimum atomic E-state index is -0.519. The standard InChI is InChI=1S/C17H16FNO2/c1-21-16-6-5-11(9-15(16)18)17(20)14-4-2-3-12-10-19-8-7-13(12)14/h2-6,9,19H,7-8,10H2,1H3. The highest BCUT2D eigenvalue weighted by molar-refractivity contribution is 6.10. The van der Waals surface area contributed by atoms with Gasteiger partial charge < -0.3 is 10.1 Å². The number of halogens is 1. The van der Waals surface area contributed by atoms with Crippen molar-refractivity contribution in [2.24, 2.45) is 0 Å². The average molecular weight is 285 g/mol. The van der Waals surface area contributed by atoms with Crippen molar-refractivity contribution >= 4 is 5.78 Å². The van der Waals surface area contributed by atoms with Crippen molar-refractivity contribution in [3.05, 3.63) is 64.5 Å². The fourth-order valence-corrected chi connectivity index (χ4v) is 2.71. The van der Waals surface area contributed by atoms with E-state index in [0.717, 1.165) is 30.6 Å². The average Bonchev–Trinajstić information content (AvgIpc) is 2.53. The quantitative estimate of drug-likeness (QED) is 0.881. The van der Waals surface area contributed by atoms with Gasteiger partial charge in [0.2, 0.25) is 0 Å². The zero-order valence-electron chi connectivity index (χ0n) is 11.8. The summed E-state index contributed by atoms with van der Waals surface area (Å²) >= 11 is 0. The van der Waals surface area contributed by atoms with E-state index in [2.05, 4.69) is 5.32 Å². The predicted molar refractivity (Wildman–Crippen MR) is 78.2 cm³/mol. The van der Waals surface area contributed by atoms with Crippen molar-refractivity contribution in [3.8, 4) is 5.75 Å². The van der Waals surface area contributed by atoms with Gasteiger partial charge in [-0.05, 0) is 42.3 Å². The van der Waals surface area contributed by atoms with Crippen LogP contribution in [0.15, 0.2) is 36.4 Å². The summed E-state index contributed by atoms with van der Waals surface area (Å²) in [4.78, 5) is 12.6. The van der Waals surface area contributed by atoms with Gasteiger partial charge in [-0.2, -0.15) is 0 Å². The van der Waals surface area contributed by atoms with E-state index in [1.54, 1.807) is 6.07 Å². The summed E-state index contributed by atoms with van der Waals surface area (Å²) in [6.07, 6.45) is 0.815. The summed E-state index contributed by atoms with van der Waals surface area (Å²) in [6.45, 7) is 1.63. The van der Waals surface area contributed by atoms with Crippen molar-refractivity contribution in [3.63, 3.8) is 0 Å². The first-order valence-corrected chi connectivity index (χ1v) is 6.90. The van der Waals surface area contributed by atoms with E-state index in [1.165, 1.54) is 19.2 Å². The molecule has 2 aromatic rings. The van der Waals surface area contributed by atoms with E-state index >= 15 is 0 Å². The number of rotatable bonds is 3. The van der Waals surface area contributed by atoms with Gasteiger partial charge in [0.15, 0.2) is 17.3 Å². The number of hydrogen-bond donors (Lipinski definition) is 1. The maximum Gasteiger partial charge on any atom is 0.193 e. The molecule has 4 heteroatoms. The Morgan fingerprint density at radius 2 is 2.14 bits per heavy atom. The number of benzene rings is 2. The molecule has 0 saturated heterocycles. The number of ketones is 1. The van der Waals surface area contributed by atoms with Gasteiger partial charge in [0.1, 0.15) is 0 Å². The number of methoxy groups -OCH3 is 1. The first-order valence-electron chi connectivity index (χ1n) is 6.90.